The molecule has 0 N–H and O–H groups in total. The van der Waals surface area contributed by atoms with Crippen LogP contribution in [0.1, 0.15) is 35.2 Å². The predicted molar refractivity (Wildman–Crippen MR) is 127 cm³/mol. The minimum Gasteiger partial charge on any atom is -0.351 e. The Morgan fingerprint density at radius 2 is 1.73 bits per heavy atom. The standard InChI is InChI=1S/C24H22F3N9O/c1-14-30-15(2)35(32-14)23-20(27)12-19(26)22(31-23)33-5-7-34(8-6-33)24(37)36-21(3-4-29-36)17-9-16(13-28)10-18(25)11-17/h4,9-12,21H,3,5-8H2,1-2H3/t21-/m0/s1. The first kappa shape index (κ1) is 24.2. The molecule has 1 saturated heterocycles. The van der Waals surface area contributed by atoms with E-state index in [2.05, 4.69) is 20.2 Å². The van der Waals surface area contributed by atoms with Crippen molar-refractivity contribution in [2.75, 3.05) is 31.1 Å². The number of nitriles is 1. The Bertz CT molecular complexity index is 1440. The minimum absolute atomic E-state index is 0.0445. The molecule has 0 aliphatic carbocycles. The highest BCUT2D eigenvalue weighted by Gasteiger charge is 2.34. The van der Waals surface area contributed by atoms with Crippen LogP contribution in [0.15, 0.2) is 29.4 Å². The number of pyridine rings is 1. The summed E-state index contributed by atoms with van der Waals surface area (Å²) in [5, 5.41) is 18.7. The molecule has 190 valence electrons. The lowest BCUT2D eigenvalue weighted by Crippen LogP contribution is -2.52. The maximum atomic E-state index is 14.7. The summed E-state index contributed by atoms with van der Waals surface area (Å²) in [7, 11) is 0. The van der Waals surface area contributed by atoms with E-state index in [4.69, 9.17) is 5.26 Å². The Balaban J connectivity index is 1.31. The van der Waals surface area contributed by atoms with Crippen LogP contribution < -0.4 is 4.90 Å². The van der Waals surface area contributed by atoms with Gasteiger partial charge in [-0.05, 0) is 37.6 Å². The van der Waals surface area contributed by atoms with Gasteiger partial charge in [-0.2, -0.15) is 15.0 Å². The third-order valence-corrected chi connectivity index (χ3v) is 6.28. The van der Waals surface area contributed by atoms with Crippen LogP contribution >= 0.6 is 0 Å². The Morgan fingerprint density at radius 1 is 1.00 bits per heavy atom. The lowest BCUT2D eigenvalue weighted by Gasteiger charge is -2.37. The number of carbonyl (C=O) groups excluding carboxylic acids is 1. The van der Waals surface area contributed by atoms with E-state index in [-0.39, 0.29) is 49.4 Å². The van der Waals surface area contributed by atoms with Gasteiger partial charge in [0.1, 0.15) is 17.5 Å². The van der Waals surface area contributed by atoms with Crippen LogP contribution in [0.2, 0.25) is 0 Å². The van der Waals surface area contributed by atoms with Crippen LogP contribution in [0.5, 0.6) is 0 Å². The second kappa shape index (κ2) is 9.53. The van der Waals surface area contributed by atoms with Gasteiger partial charge in [0.05, 0.1) is 17.7 Å². The lowest BCUT2D eigenvalue weighted by atomic mass is 10.0. The van der Waals surface area contributed by atoms with Gasteiger partial charge in [-0.25, -0.2) is 32.9 Å². The number of aryl methyl sites for hydroxylation is 2. The van der Waals surface area contributed by atoms with Crippen molar-refractivity contribution in [2.45, 2.75) is 26.3 Å². The first-order valence-corrected chi connectivity index (χ1v) is 11.6. The molecule has 37 heavy (non-hydrogen) atoms. The van der Waals surface area contributed by atoms with E-state index in [1.165, 1.54) is 15.8 Å². The molecule has 0 radical (unpaired) electrons. The van der Waals surface area contributed by atoms with Crippen LogP contribution in [-0.4, -0.2) is 68.1 Å². The van der Waals surface area contributed by atoms with Gasteiger partial charge in [0.2, 0.25) is 0 Å². The molecule has 2 aliphatic rings. The zero-order valence-corrected chi connectivity index (χ0v) is 20.1. The Hall–Kier alpha value is -4.47. The quantitative estimate of drug-likeness (QED) is 0.537. The molecular weight excluding hydrogens is 487 g/mol. The van der Waals surface area contributed by atoms with Gasteiger partial charge < -0.3 is 9.80 Å². The number of carbonyl (C=O) groups is 1. The monoisotopic (exact) mass is 509 g/mol. The van der Waals surface area contributed by atoms with E-state index in [0.29, 0.717) is 23.6 Å². The van der Waals surface area contributed by atoms with E-state index in [1.807, 2.05) is 6.07 Å². The van der Waals surface area contributed by atoms with Gasteiger partial charge in [-0.3, -0.25) is 0 Å². The van der Waals surface area contributed by atoms with Crippen molar-refractivity contribution in [3.8, 4) is 11.9 Å². The van der Waals surface area contributed by atoms with Gasteiger partial charge in [0.25, 0.3) is 0 Å². The minimum atomic E-state index is -0.863. The number of piperazine rings is 1. The van der Waals surface area contributed by atoms with Gasteiger partial charge in [0, 0.05) is 44.9 Å². The summed E-state index contributed by atoms with van der Waals surface area (Å²) in [5.41, 5.74) is 0.636. The molecule has 13 heteroatoms. The fourth-order valence-corrected chi connectivity index (χ4v) is 4.54. The number of aromatic nitrogens is 4. The number of rotatable bonds is 3. The maximum absolute atomic E-state index is 14.7. The number of urea groups is 1. The normalized spacial score (nSPS) is 17.4. The first-order chi connectivity index (χ1) is 17.7. The Morgan fingerprint density at radius 3 is 2.41 bits per heavy atom. The predicted octanol–water partition coefficient (Wildman–Crippen LogP) is 3.24. The van der Waals surface area contributed by atoms with E-state index < -0.39 is 23.5 Å². The fourth-order valence-electron chi connectivity index (χ4n) is 4.54. The molecule has 2 aromatic heterocycles. The van der Waals surface area contributed by atoms with Crippen molar-refractivity contribution < 1.29 is 18.0 Å². The summed E-state index contributed by atoms with van der Waals surface area (Å²) in [6.45, 7) is 4.27. The van der Waals surface area contributed by atoms with Crippen LogP contribution in [-0.2, 0) is 0 Å². The van der Waals surface area contributed by atoms with Crippen LogP contribution in [0.25, 0.3) is 5.82 Å². The zero-order valence-electron chi connectivity index (χ0n) is 20.1. The highest BCUT2D eigenvalue weighted by molar-refractivity contribution is 5.79. The van der Waals surface area contributed by atoms with Crippen molar-refractivity contribution in [3.63, 3.8) is 0 Å². The smallest absolute Gasteiger partial charge is 0.341 e. The summed E-state index contributed by atoms with van der Waals surface area (Å²) in [5.74, 6) is -1.60. The van der Waals surface area contributed by atoms with Gasteiger partial charge in [-0.1, -0.05) is 0 Å². The van der Waals surface area contributed by atoms with Gasteiger partial charge in [-0.15, -0.1) is 5.10 Å². The SMILES string of the molecule is Cc1nc(C)n(-c2nc(N3CCN(C(=O)N4N=CC[C@H]4c4cc(F)cc(C#N)c4)CC3)c(F)cc2F)n1. The van der Waals surface area contributed by atoms with Gasteiger partial charge >= 0.3 is 6.03 Å². The molecule has 2 amide bonds. The molecule has 1 atom stereocenters. The van der Waals surface area contributed by atoms with Crippen LogP contribution in [0.3, 0.4) is 0 Å². The van der Waals surface area contributed by atoms with Crippen molar-refractivity contribution in [2.24, 2.45) is 5.10 Å². The van der Waals surface area contributed by atoms with E-state index in [0.717, 1.165) is 12.1 Å². The molecule has 1 fully saturated rings. The maximum Gasteiger partial charge on any atom is 0.341 e. The molecular formula is C24H22F3N9O. The molecule has 0 unspecified atom stereocenters. The summed E-state index contributed by atoms with van der Waals surface area (Å²) < 4.78 is 44.5. The van der Waals surface area contributed by atoms with Crippen molar-refractivity contribution in [1.29, 1.82) is 5.26 Å². The molecule has 10 nitrogen and oxygen atoms in total. The molecule has 4 heterocycles. The molecule has 3 aromatic rings. The van der Waals surface area contributed by atoms with Crippen molar-refractivity contribution >= 4 is 18.1 Å². The number of amides is 2. The largest absolute Gasteiger partial charge is 0.351 e. The first-order valence-electron chi connectivity index (χ1n) is 11.6. The summed E-state index contributed by atoms with van der Waals surface area (Å²) >= 11 is 0. The van der Waals surface area contributed by atoms with Crippen LogP contribution in [0, 0.1) is 42.6 Å². The average molecular weight is 509 g/mol. The summed E-state index contributed by atoms with van der Waals surface area (Å²) in [6, 6.07) is 5.72. The van der Waals surface area contributed by atoms with E-state index in [9.17, 15) is 18.0 Å². The molecule has 1 aromatic carbocycles. The topological polar surface area (TPSA) is 107 Å². The molecule has 0 spiro atoms. The number of anilines is 1. The number of hydrazone groups is 1. The van der Waals surface area contributed by atoms with Crippen molar-refractivity contribution in [1.82, 2.24) is 29.7 Å². The lowest BCUT2D eigenvalue weighted by molar-refractivity contribution is 0.139. The fraction of sp³-hybridized carbons (Fsp3) is 0.333. The highest BCUT2D eigenvalue weighted by atomic mass is 19.1. The Kier molecular flexibility index (Phi) is 6.24. The van der Waals surface area contributed by atoms with Gasteiger partial charge in [0.15, 0.2) is 23.3 Å². The number of halogens is 3. The number of benzene rings is 1. The second-order valence-electron chi connectivity index (χ2n) is 8.75. The molecule has 0 saturated carbocycles. The van der Waals surface area contributed by atoms with Crippen molar-refractivity contribution in [3.05, 3.63) is 64.5 Å². The molecule has 5 rings (SSSR count). The average Bonchev–Trinajstić information content (AvgIpc) is 3.49. The Labute approximate surface area is 210 Å². The van der Waals surface area contributed by atoms with E-state index >= 15 is 0 Å². The third-order valence-electron chi connectivity index (χ3n) is 6.28. The summed E-state index contributed by atoms with van der Waals surface area (Å²) in [6.07, 6.45) is 1.96. The van der Waals surface area contributed by atoms with E-state index in [1.54, 1.807) is 35.9 Å². The molecule has 2 aliphatic heterocycles. The second-order valence-corrected chi connectivity index (χ2v) is 8.75. The third kappa shape index (κ3) is 4.57. The number of hydrogen-bond donors (Lipinski definition) is 0. The zero-order chi connectivity index (χ0) is 26.3. The van der Waals surface area contributed by atoms with Crippen LogP contribution in [0.4, 0.5) is 23.8 Å². The molecule has 0 bridgehead atoms. The number of nitrogens with zero attached hydrogens (tertiary/aromatic N) is 9. The number of hydrogen-bond acceptors (Lipinski definition) is 7. The highest BCUT2D eigenvalue weighted by Crippen LogP contribution is 2.31. The summed E-state index contributed by atoms with van der Waals surface area (Å²) in [4.78, 5) is 24.8.